The second-order valence-electron chi connectivity index (χ2n) is 4.37. The van der Waals surface area contributed by atoms with E-state index in [2.05, 4.69) is 42.7 Å². The van der Waals surface area contributed by atoms with Gasteiger partial charge in [0.2, 0.25) is 0 Å². The van der Waals surface area contributed by atoms with Crippen molar-refractivity contribution in [2.24, 2.45) is 0 Å². The topological polar surface area (TPSA) is 67.4 Å². The molecule has 0 atom stereocenters. The monoisotopic (exact) mass is 444 g/mol. The molecule has 8 heteroatoms. The van der Waals surface area contributed by atoms with Gasteiger partial charge in [-0.2, -0.15) is 0 Å². The fourth-order valence-electron chi connectivity index (χ4n) is 1.57. The Bertz CT molecular complexity index is 723. The molecule has 0 radical (unpaired) electrons. The van der Waals surface area contributed by atoms with E-state index in [-0.39, 0.29) is 12.2 Å². The Balaban J connectivity index is 1.81. The molecular formula is C15H11Br2FN2O3. The van der Waals surface area contributed by atoms with Crippen molar-refractivity contribution in [1.29, 1.82) is 0 Å². The van der Waals surface area contributed by atoms with Crippen LogP contribution in [0.4, 0.5) is 4.39 Å². The number of benzene rings is 2. The van der Waals surface area contributed by atoms with E-state index in [0.717, 1.165) is 16.6 Å². The SMILES string of the molecule is O=C(COc1ccc(Br)cc1Br)NNC(=O)c1ccc(F)cc1. The Kier molecular flexibility index (Phi) is 6.12. The van der Waals surface area contributed by atoms with Crippen LogP contribution in [-0.2, 0) is 4.79 Å². The van der Waals surface area contributed by atoms with Crippen LogP contribution in [0, 0.1) is 5.82 Å². The van der Waals surface area contributed by atoms with Gasteiger partial charge in [-0.15, -0.1) is 0 Å². The Hall–Kier alpha value is -1.93. The van der Waals surface area contributed by atoms with Crippen LogP contribution < -0.4 is 15.6 Å². The zero-order chi connectivity index (χ0) is 16.8. The summed E-state index contributed by atoms with van der Waals surface area (Å²) in [6.45, 7) is -0.274. The van der Waals surface area contributed by atoms with Crippen LogP contribution in [0.5, 0.6) is 5.75 Å². The number of amides is 2. The minimum Gasteiger partial charge on any atom is -0.483 e. The molecule has 2 aromatic carbocycles. The van der Waals surface area contributed by atoms with Crippen molar-refractivity contribution in [3.05, 3.63) is 62.8 Å². The van der Waals surface area contributed by atoms with Gasteiger partial charge >= 0.3 is 0 Å². The number of rotatable bonds is 4. The van der Waals surface area contributed by atoms with Crippen molar-refractivity contribution in [3.63, 3.8) is 0 Å². The van der Waals surface area contributed by atoms with Crippen LogP contribution in [0.15, 0.2) is 51.4 Å². The van der Waals surface area contributed by atoms with E-state index < -0.39 is 17.6 Å². The molecule has 0 saturated heterocycles. The summed E-state index contributed by atoms with van der Waals surface area (Å²) in [7, 11) is 0. The maximum Gasteiger partial charge on any atom is 0.276 e. The lowest BCUT2D eigenvalue weighted by Crippen LogP contribution is -2.43. The first-order valence-corrected chi connectivity index (χ1v) is 7.97. The van der Waals surface area contributed by atoms with Gasteiger partial charge in [0.1, 0.15) is 11.6 Å². The summed E-state index contributed by atoms with van der Waals surface area (Å²) in [4.78, 5) is 23.4. The fourth-order valence-corrected chi connectivity index (χ4v) is 2.73. The van der Waals surface area contributed by atoms with E-state index in [1.807, 2.05) is 0 Å². The van der Waals surface area contributed by atoms with Gasteiger partial charge in [0.15, 0.2) is 6.61 Å². The molecule has 0 aromatic heterocycles. The summed E-state index contributed by atoms with van der Waals surface area (Å²) in [5, 5.41) is 0. The summed E-state index contributed by atoms with van der Waals surface area (Å²) < 4.78 is 19.6. The van der Waals surface area contributed by atoms with Crippen molar-refractivity contribution in [1.82, 2.24) is 10.9 Å². The van der Waals surface area contributed by atoms with Crippen molar-refractivity contribution >= 4 is 43.7 Å². The van der Waals surface area contributed by atoms with E-state index in [1.165, 1.54) is 12.1 Å². The molecule has 0 fully saturated rings. The maximum atomic E-state index is 12.8. The minimum atomic E-state index is -0.553. The maximum absolute atomic E-state index is 12.8. The highest BCUT2D eigenvalue weighted by Gasteiger charge is 2.09. The Morgan fingerprint density at radius 1 is 1.04 bits per heavy atom. The number of nitrogens with one attached hydrogen (secondary N) is 2. The molecule has 0 aliphatic carbocycles. The standard InChI is InChI=1S/C15H11Br2FN2O3/c16-10-3-6-13(12(17)7-10)23-8-14(21)19-20-15(22)9-1-4-11(18)5-2-9/h1-7H,8H2,(H,19,21)(H,20,22). The molecule has 2 aromatic rings. The van der Waals surface area contributed by atoms with E-state index in [4.69, 9.17) is 4.74 Å². The Labute approximate surface area is 148 Å². The molecule has 2 amide bonds. The lowest BCUT2D eigenvalue weighted by atomic mass is 10.2. The molecule has 0 saturated carbocycles. The van der Waals surface area contributed by atoms with Gasteiger partial charge in [-0.3, -0.25) is 20.4 Å². The molecule has 2 rings (SSSR count). The number of hydrogen-bond acceptors (Lipinski definition) is 3. The lowest BCUT2D eigenvalue weighted by Gasteiger charge is -2.10. The zero-order valence-electron chi connectivity index (χ0n) is 11.6. The second-order valence-corrected chi connectivity index (χ2v) is 6.14. The highest BCUT2D eigenvalue weighted by Crippen LogP contribution is 2.27. The number of hydrazine groups is 1. The third kappa shape index (κ3) is 5.33. The number of carbonyl (C=O) groups excluding carboxylic acids is 2. The molecule has 0 aliphatic rings. The molecule has 2 N–H and O–H groups in total. The van der Waals surface area contributed by atoms with Crippen LogP contribution >= 0.6 is 31.9 Å². The molecule has 5 nitrogen and oxygen atoms in total. The predicted molar refractivity (Wildman–Crippen MR) is 89.3 cm³/mol. The number of carbonyl (C=O) groups is 2. The number of hydrogen-bond donors (Lipinski definition) is 2. The van der Waals surface area contributed by atoms with Crippen LogP contribution in [0.25, 0.3) is 0 Å². The third-order valence-corrected chi connectivity index (χ3v) is 3.79. The molecular weight excluding hydrogens is 435 g/mol. The normalized spacial score (nSPS) is 10.0. The molecule has 0 spiro atoms. The molecule has 0 bridgehead atoms. The molecule has 0 aliphatic heterocycles. The molecule has 0 unspecified atom stereocenters. The summed E-state index contributed by atoms with van der Waals surface area (Å²) in [6.07, 6.45) is 0. The molecule has 120 valence electrons. The second kappa shape index (κ2) is 8.07. The van der Waals surface area contributed by atoms with Crippen LogP contribution in [0.1, 0.15) is 10.4 Å². The van der Waals surface area contributed by atoms with E-state index in [1.54, 1.807) is 18.2 Å². The molecule has 23 heavy (non-hydrogen) atoms. The smallest absolute Gasteiger partial charge is 0.276 e. The summed E-state index contributed by atoms with van der Waals surface area (Å²) in [6, 6.07) is 10.2. The first-order valence-electron chi connectivity index (χ1n) is 6.38. The van der Waals surface area contributed by atoms with Crippen molar-refractivity contribution in [2.75, 3.05) is 6.61 Å². The van der Waals surface area contributed by atoms with Crippen molar-refractivity contribution in [2.45, 2.75) is 0 Å². The quantitative estimate of drug-likeness (QED) is 0.710. The van der Waals surface area contributed by atoms with Gasteiger partial charge in [0, 0.05) is 10.0 Å². The summed E-state index contributed by atoms with van der Waals surface area (Å²) in [5.74, 6) is -1.04. The van der Waals surface area contributed by atoms with E-state index in [9.17, 15) is 14.0 Å². The summed E-state index contributed by atoms with van der Waals surface area (Å²) in [5.41, 5.74) is 4.66. The lowest BCUT2D eigenvalue weighted by molar-refractivity contribution is -0.123. The van der Waals surface area contributed by atoms with Crippen LogP contribution in [0.2, 0.25) is 0 Å². The van der Waals surface area contributed by atoms with E-state index in [0.29, 0.717) is 10.2 Å². The van der Waals surface area contributed by atoms with Gasteiger partial charge in [-0.25, -0.2) is 4.39 Å². The third-order valence-electron chi connectivity index (χ3n) is 2.67. The summed E-state index contributed by atoms with van der Waals surface area (Å²) >= 11 is 6.62. The average Bonchev–Trinajstić information content (AvgIpc) is 2.52. The van der Waals surface area contributed by atoms with Crippen molar-refractivity contribution < 1.29 is 18.7 Å². The van der Waals surface area contributed by atoms with Gasteiger partial charge in [-0.05, 0) is 58.4 Å². The van der Waals surface area contributed by atoms with Gasteiger partial charge in [0.05, 0.1) is 4.47 Å². The number of ether oxygens (including phenoxy) is 1. The van der Waals surface area contributed by atoms with Gasteiger partial charge < -0.3 is 4.74 Å². The van der Waals surface area contributed by atoms with Crippen LogP contribution in [0.3, 0.4) is 0 Å². The van der Waals surface area contributed by atoms with E-state index >= 15 is 0 Å². The first-order chi connectivity index (χ1) is 11.0. The largest absolute Gasteiger partial charge is 0.483 e. The first kappa shape index (κ1) is 17.4. The zero-order valence-corrected chi connectivity index (χ0v) is 14.8. The van der Waals surface area contributed by atoms with Gasteiger partial charge in [-0.1, -0.05) is 15.9 Å². The highest BCUT2D eigenvalue weighted by atomic mass is 79.9. The van der Waals surface area contributed by atoms with Gasteiger partial charge in [0.25, 0.3) is 11.8 Å². The fraction of sp³-hybridized carbons (Fsp3) is 0.0667. The minimum absolute atomic E-state index is 0.225. The predicted octanol–water partition coefficient (Wildman–Crippen LogP) is 3.19. The molecule has 0 heterocycles. The average molecular weight is 446 g/mol. The Morgan fingerprint density at radius 2 is 1.74 bits per heavy atom. The van der Waals surface area contributed by atoms with Crippen LogP contribution in [-0.4, -0.2) is 18.4 Å². The Morgan fingerprint density at radius 3 is 2.39 bits per heavy atom. The number of halogens is 3. The highest BCUT2D eigenvalue weighted by molar-refractivity contribution is 9.11. The van der Waals surface area contributed by atoms with Crippen molar-refractivity contribution in [3.8, 4) is 5.75 Å².